The summed E-state index contributed by atoms with van der Waals surface area (Å²) in [5, 5.41) is 17.7. The number of nitrogens with zero attached hydrogens (tertiary/aromatic N) is 1. The number of hydrogen-bond donors (Lipinski definition) is 2. The minimum Gasteiger partial charge on any atom is -0.480 e. The predicted molar refractivity (Wildman–Crippen MR) is 50.7 cm³/mol. The van der Waals surface area contributed by atoms with E-state index in [0.717, 1.165) is 4.31 Å². The third kappa shape index (κ3) is 1.86. The topological polar surface area (TPSA) is 94.9 Å². The number of sulfonamides is 1. The first-order valence-corrected chi connectivity index (χ1v) is 6.35. The van der Waals surface area contributed by atoms with E-state index in [-0.39, 0.29) is 13.0 Å². The van der Waals surface area contributed by atoms with Crippen LogP contribution in [0.4, 0.5) is 0 Å². The Bertz CT molecular complexity index is 374. The van der Waals surface area contributed by atoms with Gasteiger partial charge >= 0.3 is 5.97 Å². The molecule has 86 valence electrons. The molecule has 1 saturated heterocycles. The summed E-state index contributed by atoms with van der Waals surface area (Å²) in [7, 11) is -3.50. The van der Waals surface area contributed by atoms with Crippen molar-refractivity contribution in [2.24, 2.45) is 0 Å². The molecule has 2 N–H and O–H groups in total. The number of aliphatic hydroxyl groups excluding tert-OH is 1. The molecule has 1 aliphatic heterocycles. The largest absolute Gasteiger partial charge is 0.480 e. The minimum atomic E-state index is -3.50. The lowest BCUT2D eigenvalue weighted by Gasteiger charge is -2.20. The van der Waals surface area contributed by atoms with Crippen molar-refractivity contribution < 1.29 is 23.4 Å². The van der Waals surface area contributed by atoms with Crippen LogP contribution in [0.3, 0.4) is 0 Å². The number of carbonyl (C=O) groups is 1. The van der Waals surface area contributed by atoms with E-state index in [0.29, 0.717) is 12.8 Å². The van der Waals surface area contributed by atoms with Gasteiger partial charge in [0, 0.05) is 13.0 Å². The van der Waals surface area contributed by atoms with E-state index in [1.54, 1.807) is 0 Å². The van der Waals surface area contributed by atoms with Crippen LogP contribution in [0.1, 0.15) is 19.3 Å². The van der Waals surface area contributed by atoms with Gasteiger partial charge in [-0.25, -0.2) is 8.42 Å². The van der Waals surface area contributed by atoms with E-state index in [2.05, 4.69) is 0 Å². The molecule has 2 aliphatic rings. The van der Waals surface area contributed by atoms with Gasteiger partial charge in [-0.2, -0.15) is 4.31 Å². The molecule has 1 aliphatic carbocycles. The van der Waals surface area contributed by atoms with Gasteiger partial charge in [0.15, 0.2) is 0 Å². The van der Waals surface area contributed by atoms with Gasteiger partial charge in [-0.3, -0.25) is 4.79 Å². The molecule has 0 aromatic rings. The van der Waals surface area contributed by atoms with Crippen LogP contribution in [0.2, 0.25) is 0 Å². The molecule has 0 aromatic carbocycles. The summed E-state index contributed by atoms with van der Waals surface area (Å²) in [4.78, 5) is 10.8. The van der Waals surface area contributed by atoms with Crippen molar-refractivity contribution in [2.75, 3.05) is 6.54 Å². The zero-order chi connectivity index (χ0) is 11.2. The van der Waals surface area contributed by atoms with Gasteiger partial charge in [-0.1, -0.05) is 0 Å². The van der Waals surface area contributed by atoms with Gasteiger partial charge in [0.25, 0.3) is 0 Å². The first kappa shape index (κ1) is 10.8. The highest BCUT2D eigenvalue weighted by Gasteiger charge is 2.48. The molecule has 0 bridgehead atoms. The molecule has 1 heterocycles. The van der Waals surface area contributed by atoms with Crippen LogP contribution >= 0.6 is 0 Å². The summed E-state index contributed by atoms with van der Waals surface area (Å²) in [5.74, 6) is -1.18. The number of carboxylic acids is 1. The molecule has 2 rings (SSSR count). The molecular weight excluding hydrogens is 222 g/mol. The van der Waals surface area contributed by atoms with Crippen molar-refractivity contribution in [3.63, 3.8) is 0 Å². The average molecular weight is 235 g/mol. The molecular formula is C8H13NO5S. The van der Waals surface area contributed by atoms with Crippen LogP contribution in [0.5, 0.6) is 0 Å². The van der Waals surface area contributed by atoms with E-state index in [9.17, 15) is 18.3 Å². The Kier molecular flexibility index (Phi) is 2.48. The molecule has 0 amide bonds. The fraction of sp³-hybridized carbons (Fsp3) is 0.875. The van der Waals surface area contributed by atoms with Crippen molar-refractivity contribution in [1.82, 2.24) is 4.31 Å². The van der Waals surface area contributed by atoms with Crippen molar-refractivity contribution >= 4 is 16.0 Å². The quantitative estimate of drug-likeness (QED) is 0.654. The Morgan fingerprint density at radius 2 is 1.93 bits per heavy atom. The van der Waals surface area contributed by atoms with Crippen LogP contribution in [0.15, 0.2) is 0 Å². The highest BCUT2D eigenvalue weighted by molar-refractivity contribution is 7.90. The maximum Gasteiger partial charge on any atom is 0.322 e. The molecule has 1 saturated carbocycles. The summed E-state index contributed by atoms with van der Waals surface area (Å²) in [6.45, 7) is -0.0875. The predicted octanol–water partition coefficient (Wildman–Crippen LogP) is -1.00. The molecule has 0 aromatic heterocycles. The Morgan fingerprint density at radius 3 is 2.40 bits per heavy atom. The van der Waals surface area contributed by atoms with Crippen molar-refractivity contribution in [2.45, 2.75) is 36.7 Å². The third-order valence-electron chi connectivity index (χ3n) is 2.79. The van der Waals surface area contributed by atoms with Gasteiger partial charge < -0.3 is 10.2 Å². The maximum atomic E-state index is 11.8. The molecule has 6 nitrogen and oxygen atoms in total. The number of aliphatic hydroxyl groups is 1. The van der Waals surface area contributed by atoms with Crippen LogP contribution in [0.25, 0.3) is 0 Å². The van der Waals surface area contributed by atoms with E-state index in [4.69, 9.17) is 5.11 Å². The van der Waals surface area contributed by atoms with Gasteiger partial charge in [0.1, 0.15) is 6.04 Å². The Labute approximate surface area is 87.6 Å². The van der Waals surface area contributed by atoms with Crippen molar-refractivity contribution in [1.29, 1.82) is 0 Å². The van der Waals surface area contributed by atoms with Gasteiger partial charge in [-0.15, -0.1) is 0 Å². The highest BCUT2D eigenvalue weighted by atomic mass is 32.2. The number of aliphatic carboxylic acids is 1. The van der Waals surface area contributed by atoms with E-state index in [1.807, 2.05) is 0 Å². The lowest BCUT2D eigenvalue weighted by Crippen LogP contribution is -2.42. The first-order chi connectivity index (χ1) is 6.93. The summed E-state index contributed by atoms with van der Waals surface area (Å²) < 4.78 is 24.6. The van der Waals surface area contributed by atoms with Crippen LogP contribution in [0, 0.1) is 0 Å². The van der Waals surface area contributed by atoms with Crippen LogP contribution in [-0.4, -0.2) is 52.8 Å². The molecule has 2 fully saturated rings. The lowest BCUT2D eigenvalue weighted by molar-refractivity contribution is -0.140. The number of rotatable bonds is 3. The Hall–Kier alpha value is -0.660. The summed E-state index contributed by atoms with van der Waals surface area (Å²) >= 11 is 0. The second-order valence-corrected chi connectivity index (χ2v) is 6.22. The smallest absolute Gasteiger partial charge is 0.322 e. The minimum absolute atomic E-state index is 0.0126. The number of carboxylic acid groups (broad SMARTS) is 1. The summed E-state index contributed by atoms with van der Waals surface area (Å²) in [6.07, 6.45) is 0.323. The molecule has 0 unspecified atom stereocenters. The van der Waals surface area contributed by atoms with E-state index < -0.39 is 33.4 Å². The summed E-state index contributed by atoms with van der Waals surface area (Å²) in [5.41, 5.74) is 0. The lowest BCUT2D eigenvalue weighted by atomic mass is 10.2. The highest BCUT2D eigenvalue weighted by Crippen LogP contribution is 2.34. The Morgan fingerprint density at radius 1 is 1.33 bits per heavy atom. The van der Waals surface area contributed by atoms with Crippen LogP contribution in [-0.2, 0) is 14.8 Å². The van der Waals surface area contributed by atoms with Crippen molar-refractivity contribution in [3.8, 4) is 0 Å². The zero-order valence-electron chi connectivity index (χ0n) is 8.04. The van der Waals surface area contributed by atoms with E-state index >= 15 is 0 Å². The van der Waals surface area contributed by atoms with Crippen molar-refractivity contribution in [3.05, 3.63) is 0 Å². The molecule has 7 heteroatoms. The molecule has 0 spiro atoms. The zero-order valence-corrected chi connectivity index (χ0v) is 8.85. The second kappa shape index (κ2) is 3.43. The SMILES string of the molecule is O=C(O)[C@H]1C[C@@H](O)CN1S(=O)(=O)C1CC1. The maximum absolute atomic E-state index is 11.8. The number of hydrogen-bond acceptors (Lipinski definition) is 4. The first-order valence-electron chi connectivity index (χ1n) is 4.84. The average Bonchev–Trinajstić information content (AvgIpc) is 2.89. The summed E-state index contributed by atoms with van der Waals surface area (Å²) in [6, 6.07) is -1.09. The second-order valence-electron chi connectivity index (χ2n) is 4.06. The fourth-order valence-corrected chi connectivity index (χ4v) is 3.87. The Balaban J connectivity index is 2.23. The third-order valence-corrected chi connectivity index (χ3v) is 5.16. The van der Waals surface area contributed by atoms with Gasteiger partial charge in [0.05, 0.1) is 11.4 Å². The van der Waals surface area contributed by atoms with E-state index in [1.165, 1.54) is 0 Å². The molecule has 0 radical (unpaired) electrons. The fourth-order valence-electron chi connectivity index (χ4n) is 1.85. The normalized spacial score (nSPS) is 33.1. The standard InChI is InChI=1S/C8H13NO5S/c10-5-3-7(8(11)12)9(4-5)15(13,14)6-1-2-6/h5-7,10H,1-4H2,(H,11,12)/t5-,7-/m1/s1. The molecule has 2 atom stereocenters. The monoisotopic (exact) mass is 235 g/mol. The van der Waals surface area contributed by atoms with Gasteiger partial charge in [0.2, 0.25) is 10.0 Å². The number of β-amino-alcohol motifs (C(OH)–C–C–N with tert-alkyl or cyclic N) is 1. The van der Waals surface area contributed by atoms with Crippen LogP contribution < -0.4 is 0 Å². The molecule has 15 heavy (non-hydrogen) atoms. The van der Waals surface area contributed by atoms with Gasteiger partial charge in [-0.05, 0) is 12.8 Å².